The van der Waals surface area contributed by atoms with Crippen LogP contribution in [0.1, 0.15) is 44.6 Å². The maximum absolute atomic E-state index is 12.3. The summed E-state index contributed by atoms with van der Waals surface area (Å²) in [6.45, 7) is 3.55. The highest BCUT2D eigenvalue weighted by Crippen LogP contribution is 2.26. The van der Waals surface area contributed by atoms with Crippen molar-refractivity contribution in [3.05, 3.63) is 18.0 Å². The molecule has 1 fully saturated rings. The lowest BCUT2D eigenvalue weighted by molar-refractivity contribution is -0.127. The summed E-state index contributed by atoms with van der Waals surface area (Å²) >= 11 is 0. The van der Waals surface area contributed by atoms with Gasteiger partial charge in [-0.25, -0.2) is 0 Å². The molecule has 3 N–H and O–H groups in total. The van der Waals surface area contributed by atoms with E-state index in [2.05, 4.69) is 17.3 Å². The van der Waals surface area contributed by atoms with Gasteiger partial charge in [0.2, 0.25) is 5.91 Å². The van der Waals surface area contributed by atoms with Gasteiger partial charge in [0.25, 0.3) is 0 Å². The number of carbonyl (C=O) groups excluding carboxylic acids is 1. The van der Waals surface area contributed by atoms with Crippen LogP contribution in [0.15, 0.2) is 12.4 Å². The third kappa shape index (κ3) is 5.62. The first-order valence-electron chi connectivity index (χ1n) is 8.72. The van der Waals surface area contributed by atoms with E-state index >= 15 is 0 Å². The fourth-order valence-corrected chi connectivity index (χ4v) is 3.14. The molecule has 6 nitrogen and oxygen atoms in total. The predicted molar refractivity (Wildman–Crippen MR) is 89.9 cm³/mol. The van der Waals surface area contributed by atoms with Gasteiger partial charge >= 0.3 is 0 Å². The minimum absolute atomic E-state index is 0.0264. The van der Waals surface area contributed by atoms with E-state index < -0.39 is 0 Å². The Morgan fingerprint density at radius 2 is 2.35 bits per heavy atom. The first-order valence-corrected chi connectivity index (χ1v) is 8.72. The van der Waals surface area contributed by atoms with Crippen molar-refractivity contribution < 1.29 is 9.53 Å². The van der Waals surface area contributed by atoms with Crippen LogP contribution in [0.2, 0.25) is 0 Å². The van der Waals surface area contributed by atoms with Gasteiger partial charge in [-0.1, -0.05) is 6.92 Å². The molecule has 3 atom stereocenters. The Balaban J connectivity index is 1.64. The van der Waals surface area contributed by atoms with Crippen molar-refractivity contribution in [2.45, 2.75) is 57.6 Å². The summed E-state index contributed by atoms with van der Waals surface area (Å²) in [4.78, 5) is 12.3. The Labute approximate surface area is 138 Å². The summed E-state index contributed by atoms with van der Waals surface area (Å²) < 4.78 is 7.56. The standard InChI is InChI=1S/C17H30N4O2/c1-3-9-23-16-7-6-14(10-15(16)18)17(22)19-8-4-5-13-11-20-21(2)12-13/h11-12,14-16H,3-10,18H2,1-2H3,(H,19,22)/t14-,15+,16+/m0/s1. The Kier molecular flexibility index (Phi) is 7.05. The van der Waals surface area contributed by atoms with Crippen LogP contribution in [0.4, 0.5) is 0 Å². The van der Waals surface area contributed by atoms with E-state index in [1.165, 1.54) is 5.56 Å². The van der Waals surface area contributed by atoms with Gasteiger partial charge in [0.15, 0.2) is 0 Å². The minimum atomic E-state index is -0.0264. The Morgan fingerprint density at radius 3 is 3.00 bits per heavy atom. The van der Waals surface area contributed by atoms with Gasteiger partial charge in [-0.15, -0.1) is 0 Å². The molecule has 0 radical (unpaired) electrons. The Morgan fingerprint density at radius 1 is 1.52 bits per heavy atom. The van der Waals surface area contributed by atoms with E-state index in [1.54, 1.807) is 4.68 Å². The van der Waals surface area contributed by atoms with Crippen LogP contribution in [-0.2, 0) is 23.0 Å². The zero-order valence-corrected chi connectivity index (χ0v) is 14.3. The molecule has 2 rings (SSSR count). The second kappa shape index (κ2) is 9.03. The lowest BCUT2D eigenvalue weighted by Gasteiger charge is -2.33. The molecule has 0 spiro atoms. The second-order valence-electron chi connectivity index (χ2n) is 6.50. The molecule has 1 heterocycles. The largest absolute Gasteiger partial charge is 0.377 e. The van der Waals surface area contributed by atoms with Crippen molar-refractivity contribution in [2.24, 2.45) is 18.7 Å². The number of aryl methyl sites for hydroxylation is 2. The van der Waals surface area contributed by atoms with Gasteiger partial charge in [0.05, 0.1) is 12.3 Å². The Hall–Kier alpha value is -1.40. The average molecular weight is 322 g/mol. The van der Waals surface area contributed by atoms with Crippen molar-refractivity contribution in [3.8, 4) is 0 Å². The molecule has 1 aromatic heterocycles. The van der Waals surface area contributed by atoms with Gasteiger partial charge < -0.3 is 15.8 Å². The predicted octanol–water partition coefficient (Wildman–Crippen LogP) is 1.39. The lowest BCUT2D eigenvalue weighted by atomic mass is 9.83. The molecule has 1 aliphatic carbocycles. The van der Waals surface area contributed by atoms with Gasteiger partial charge in [0.1, 0.15) is 0 Å². The number of amides is 1. The number of rotatable bonds is 8. The summed E-state index contributed by atoms with van der Waals surface area (Å²) in [6.07, 6.45) is 9.35. The topological polar surface area (TPSA) is 82.2 Å². The van der Waals surface area contributed by atoms with E-state index in [4.69, 9.17) is 10.5 Å². The van der Waals surface area contributed by atoms with Gasteiger partial charge in [-0.3, -0.25) is 9.48 Å². The number of nitrogens with one attached hydrogen (secondary N) is 1. The maximum Gasteiger partial charge on any atom is 0.223 e. The van der Waals surface area contributed by atoms with E-state index in [9.17, 15) is 4.79 Å². The fourth-order valence-electron chi connectivity index (χ4n) is 3.14. The summed E-state index contributed by atoms with van der Waals surface area (Å²) in [5.41, 5.74) is 7.37. The lowest BCUT2D eigenvalue weighted by Crippen LogP contribution is -2.46. The quantitative estimate of drug-likeness (QED) is 0.709. The number of ether oxygens (including phenoxy) is 1. The molecule has 1 aromatic rings. The van der Waals surface area contributed by atoms with Crippen LogP contribution in [-0.4, -0.2) is 41.0 Å². The van der Waals surface area contributed by atoms with Crippen LogP contribution >= 0.6 is 0 Å². The summed E-state index contributed by atoms with van der Waals surface area (Å²) in [5.74, 6) is 0.172. The third-order valence-electron chi connectivity index (χ3n) is 4.44. The first kappa shape index (κ1) is 17.9. The molecule has 1 aliphatic rings. The molecular formula is C17H30N4O2. The van der Waals surface area contributed by atoms with Gasteiger partial charge in [-0.05, 0) is 44.1 Å². The monoisotopic (exact) mass is 322 g/mol. The highest BCUT2D eigenvalue weighted by molar-refractivity contribution is 5.78. The number of hydrogen-bond acceptors (Lipinski definition) is 4. The van der Waals surface area contributed by atoms with Crippen molar-refractivity contribution >= 4 is 5.91 Å². The van der Waals surface area contributed by atoms with Gasteiger partial charge in [0, 0.05) is 38.4 Å². The molecular weight excluding hydrogens is 292 g/mol. The van der Waals surface area contributed by atoms with Crippen molar-refractivity contribution in [3.63, 3.8) is 0 Å². The highest BCUT2D eigenvalue weighted by Gasteiger charge is 2.32. The number of aromatic nitrogens is 2. The van der Waals surface area contributed by atoms with E-state index in [-0.39, 0.29) is 24.0 Å². The Bertz CT molecular complexity index is 489. The molecule has 1 amide bonds. The number of nitrogens with zero attached hydrogens (tertiary/aromatic N) is 2. The smallest absolute Gasteiger partial charge is 0.223 e. The van der Waals surface area contributed by atoms with Crippen LogP contribution in [0.25, 0.3) is 0 Å². The molecule has 6 heteroatoms. The highest BCUT2D eigenvalue weighted by atomic mass is 16.5. The van der Waals surface area contributed by atoms with Crippen LogP contribution < -0.4 is 11.1 Å². The number of hydrogen-bond donors (Lipinski definition) is 2. The van der Waals surface area contributed by atoms with Crippen molar-refractivity contribution in [1.82, 2.24) is 15.1 Å². The van der Waals surface area contributed by atoms with Crippen molar-refractivity contribution in [1.29, 1.82) is 0 Å². The molecule has 1 saturated carbocycles. The number of carbonyl (C=O) groups is 1. The van der Waals surface area contributed by atoms with E-state index in [0.29, 0.717) is 6.54 Å². The number of nitrogens with two attached hydrogens (primary N) is 1. The molecule has 0 aliphatic heterocycles. The van der Waals surface area contributed by atoms with Crippen molar-refractivity contribution in [2.75, 3.05) is 13.2 Å². The normalized spacial score (nSPS) is 24.6. The second-order valence-corrected chi connectivity index (χ2v) is 6.50. The zero-order chi connectivity index (χ0) is 16.7. The van der Waals surface area contributed by atoms with Crippen LogP contribution in [0, 0.1) is 5.92 Å². The summed E-state index contributed by atoms with van der Waals surface area (Å²) in [7, 11) is 1.91. The maximum atomic E-state index is 12.3. The molecule has 130 valence electrons. The fraction of sp³-hybridized carbons (Fsp3) is 0.765. The third-order valence-corrected chi connectivity index (χ3v) is 4.44. The summed E-state index contributed by atoms with van der Waals surface area (Å²) in [6, 6.07) is -0.0264. The first-order chi connectivity index (χ1) is 11.1. The van der Waals surface area contributed by atoms with E-state index in [0.717, 1.165) is 45.1 Å². The molecule has 0 saturated heterocycles. The molecule has 0 aromatic carbocycles. The SMILES string of the molecule is CCCO[C@@H]1CC[C@H](C(=O)NCCCc2cnn(C)c2)C[C@H]1N. The van der Waals surface area contributed by atoms with Gasteiger partial charge in [-0.2, -0.15) is 5.10 Å². The molecule has 0 bridgehead atoms. The molecule has 0 unspecified atom stereocenters. The minimum Gasteiger partial charge on any atom is -0.377 e. The summed E-state index contributed by atoms with van der Waals surface area (Å²) in [5, 5.41) is 7.19. The van der Waals surface area contributed by atoms with Crippen LogP contribution in [0.5, 0.6) is 0 Å². The zero-order valence-electron chi connectivity index (χ0n) is 14.3. The molecule has 23 heavy (non-hydrogen) atoms. The van der Waals surface area contributed by atoms with Crippen LogP contribution in [0.3, 0.4) is 0 Å². The average Bonchev–Trinajstić information content (AvgIpc) is 2.95. The van der Waals surface area contributed by atoms with E-state index in [1.807, 2.05) is 19.4 Å².